The maximum Gasteiger partial charge on any atom is 0.0701 e. The maximum absolute atomic E-state index is 9.14. The van der Waals surface area contributed by atoms with Crippen LogP contribution >= 0.6 is 0 Å². The molecule has 2 heteroatoms. The number of ether oxygens (including phenoxy) is 1. The highest BCUT2D eigenvalue weighted by molar-refractivity contribution is 5.25. The molecule has 0 aromatic carbocycles. The summed E-state index contributed by atoms with van der Waals surface area (Å²) >= 11 is 0. The van der Waals surface area contributed by atoms with Crippen LogP contribution in [-0.4, -0.2) is 24.4 Å². The van der Waals surface area contributed by atoms with Crippen molar-refractivity contribution in [1.82, 2.24) is 0 Å². The second-order valence-corrected chi connectivity index (χ2v) is 12.7. The van der Waals surface area contributed by atoms with Crippen LogP contribution in [0, 0.1) is 46.3 Å². The van der Waals surface area contributed by atoms with E-state index in [4.69, 9.17) is 9.84 Å². The molecule has 8 atom stereocenters. The third-order valence-corrected chi connectivity index (χ3v) is 10.7. The first-order valence-electron chi connectivity index (χ1n) is 13.7. The molecule has 4 aliphatic rings. The first-order valence-corrected chi connectivity index (χ1v) is 13.7. The molecule has 0 aromatic rings. The quantitative estimate of drug-likeness (QED) is 0.406. The molecular weight excluding hydrogens is 380 g/mol. The Kier molecular flexibility index (Phi) is 7.29. The number of allylic oxidation sites excluding steroid dienone is 1. The summed E-state index contributed by atoms with van der Waals surface area (Å²) in [6.45, 7) is 13.3. The summed E-state index contributed by atoms with van der Waals surface area (Å²) in [5, 5.41) is 9.14. The molecule has 0 aromatic heterocycles. The summed E-state index contributed by atoms with van der Waals surface area (Å²) in [5.74, 6) is 5.44. The molecule has 4 rings (SSSR count). The Bertz CT molecular complexity index is 639. The van der Waals surface area contributed by atoms with Crippen LogP contribution in [0.3, 0.4) is 0 Å². The van der Waals surface area contributed by atoms with Gasteiger partial charge in [-0.25, -0.2) is 0 Å². The van der Waals surface area contributed by atoms with E-state index in [0.717, 1.165) is 41.9 Å². The van der Waals surface area contributed by atoms with Crippen molar-refractivity contribution in [3.8, 4) is 0 Å². The van der Waals surface area contributed by atoms with Gasteiger partial charge in [-0.05, 0) is 97.7 Å². The molecule has 0 amide bonds. The number of aliphatic hydroxyl groups is 1. The molecule has 3 saturated carbocycles. The van der Waals surface area contributed by atoms with Gasteiger partial charge >= 0.3 is 0 Å². The Morgan fingerprint density at radius 3 is 2.58 bits per heavy atom. The van der Waals surface area contributed by atoms with Gasteiger partial charge in [-0.2, -0.15) is 0 Å². The summed E-state index contributed by atoms with van der Waals surface area (Å²) in [5.41, 5.74) is 2.69. The first-order chi connectivity index (χ1) is 14.8. The van der Waals surface area contributed by atoms with Crippen LogP contribution in [0.5, 0.6) is 0 Å². The molecule has 31 heavy (non-hydrogen) atoms. The Morgan fingerprint density at radius 1 is 1.03 bits per heavy atom. The Hall–Kier alpha value is -0.340. The Labute approximate surface area is 192 Å². The Balaban J connectivity index is 1.45. The van der Waals surface area contributed by atoms with Gasteiger partial charge in [-0.3, -0.25) is 0 Å². The third kappa shape index (κ3) is 4.42. The van der Waals surface area contributed by atoms with Crippen LogP contribution in [-0.2, 0) is 4.74 Å². The molecule has 4 aliphatic carbocycles. The largest absolute Gasteiger partial charge is 0.394 e. The van der Waals surface area contributed by atoms with Gasteiger partial charge in [0.05, 0.1) is 19.3 Å². The molecule has 0 saturated heterocycles. The molecule has 0 aliphatic heterocycles. The van der Waals surface area contributed by atoms with Crippen molar-refractivity contribution in [3.05, 3.63) is 11.6 Å². The van der Waals surface area contributed by atoms with E-state index in [1.165, 1.54) is 64.2 Å². The molecule has 0 unspecified atom stereocenters. The van der Waals surface area contributed by atoms with Crippen LogP contribution in [0.2, 0.25) is 0 Å². The summed E-state index contributed by atoms with van der Waals surface area (Å²) in [4.78, 5) is 0. The van der Waals surface area contributed by atoms with E-state index in [9.17, 15) is 0 Å². The van der Waals surface area contributed by atoms with Gasteiger partial charge in [0, 0.05) is 0 Å². The second-order valence-electron chi connectivity index (χ2n) is 12.7. The van der Waals surface area contributed by atoms with Gasteiger partial charge in [0.1, 0.15) is 0 Å². The van der Waals surface area contributed by atoms with Gasteiger partial charge < -0.3 is 9.84 Å². The van der Waals surface area contributed by atoms with Crippen molar-refractivity contribution in [1.29, 1.82) is 0 Å². The van der Waals surface area contributed by atoms with Crippen molar-refractivity contribution in [2.75, 3.05) is 13.2 Å². The summed E-state index contributed by atoms with van der Waals surface area (Å²) in [6.07, 6.45) is 18.0. The van der Waals surface area contributed by atoms with Gasteiger partial charge in [0.15, 0.2) is 0 Å². The smallest absolute Gasteiger partial charge is 0.0701 e. The fourth-order valence-corrected chi connectivity index (χ4v) is 9.01. The van der Waals surface area contributed by atoms with Gasteiger partial charge in [0.2, 0.25) is 0 Å². The van der Waals surface area contributed by atoms with Gasteiger partial charge in [0.25, 0.3) is 0 Å². The predicted octanol–water partition coefficient (Wildman–Crippen LogP) is 7.41. The molecule has 1 N–H and O–H groups in total. The van der Waals surface area contributed by atoms with Crippen LogP contribution in [0.15, 0.2) is 11.6 Å². The lowest BCUT2D eigenvalue weighted by atomic mass is 9.47. The summed E-state index contributed by atoms with van der Waals surface area (Å²) < 4.78 is 5.94. The highest BCUT2D eigenvalue weighted by Crippen LogP contribution is 2.67. The lowest BCUT2D eigenvalue weighted by Gasteiger charge is -2.58. The van der Waals surface area contributed by atoms with Crippen molar-refractivity contribution < 1.29 is 9.84 Å². The molecule has 178 valence electrons. The van der Waals surface area contributed by atoms with Crippen molar-refractivity contribution in [2.45, 2.75) is 111 Å². The zero-order valence-electron chi connectivity index (χ0n) is 21.2. The minimum atomic E-state index is 0.148. The van der Waals surface area contributed by atoms with E-state index in [2.05, 4.69) is 40.7 Å². The number of rotatable bonds is 8. The lowest BCUT2D eigenvalue weighted by Crippen LogP contribution is -2.51. The minimum absolute atomic E-state index is 0.148. The molecule has 0 heterocycles. The van der Waals surface area contributed by atoms with Crippen LogP contribution < -0.4 is 0 Å². The van der Waals surface area contributed by atoms with Gasteiger partial charge in [-0.15, -0.1) is 0 Å². The first kappa shape index (κ1) is 23.8. The average Bonchev–Trinajstić information content (AvgIpc) is 3.09. The fourth-order valence-electron chi connectivity index (χ4n) is 9.01. The highest BCUT2D eigenvalue weighted by atomic mass is 16.5. The van der Waals surface area contributed by atoms with E-state index in [1.54, 1.807) is 5.57 Å². The summed E-state index contributed by atoms with van der Waals surface area (Å²) in [6, 6.07) is 0. The van der Waals surface area contributed by atoms with Crippen molar-refractivity contribution >= 4 is 0 Å². The molecule has 0 bridgehead atoms. The minimum Gasteiger partial charge on any atom is -0.394 e. The van der Waals surface area contributed by atoms with Crippen LogP contribution in [0.1, 0.15) is 105 Å². The van der Waals surface area contributed by atoms with Crippen LogP contribution in [0.25, 0.3) is 0 Å². The standard InChI is InChI=1S/C29H50O2/c1-20(2)7-6-8-21(3)25-11-12-26-24-10-9-22-19-23(31-18-17-30)13-15-28(22,4)27(24)14-16-29(25,26)5/h9,20-21,23-27,30H,6-8,10-19H2,1-5H3/t21-,23-,24+,25-,26+,27+,28+,29-/m1/s1. The van der Waals surface area contributed by atoms with E-state index in [1.807, 2.05) is 0 Å². The van der Waals surface area contributed by atoms with E-state index in [0.29, 0.717) is 23.5 Å². The fraction of sp³-hybridized carbons (Fsp3) is 0.931. The average molecular weight is 431 g/mol. The third-order valence-electron chi connectivity index (χ3n) is 10.7. The molecule has 3 fully saturated rings. The second kappa shape index (κ2) is 9.49. The number of hydrogen-bond donors (Lipinski definition) is 1. The molecule has 0 radical (unpaired) electrons. The zero-order valence-corrected chi connectivity index (χ0v) is 21.2. The van der Waals surface area contributed by atoms with E-state index in [-0.39, 0.29) is 6.61 Å². The highest BCUT2D eigenvalue weighted by Gasteiger charge is 2.59. The number of aliphatic hydroxyl groups excluding tert-OH is 1. The zero-order chi connectivity index (χ0) is 22.2. The predicted molar refractivity (Wildman–Crippen MR) is 130 cm³/mol. The SMILES string of the molecule is CC(C)CCC[C@@H](C)[C@H]1CC[C@H]2[C@@H]3CC=C4C[C@H](OCCO)CC[C@]4(C)[C@H]3CC[C@]12C. The van der Waals surface area contributed by atoms with E-state index < -0.39 is 0 Å². The van der Waals surface area contributed by atoms with E-state index >= 15 is 0 Å². The molecule has 2 nitrogen and oxygen atoms in total. The maximum atomic E-state index is 9.14. The molecular formula is C29H50O2. The monoisotopic (exact) mass is 430 g/mol. The molecule has 0 spiro atoms. The summed E-state index contributed by atoms with van der Waals surface area (Å²) in [7, 11) is 0. The Morgan fingerprint density at radius 2 is 1.84 bits per heavy atom. The normalized spacial score (nSPS) is 43.2. The lowest BCUT2D eigenvalue weighted by molar-refractivity contribution is -0.0658. The topological polar surface area (TPSA) is 29.5 Å². The van der Waals surface area contributed by atoms with Gasteiger partial charge in [-0.1, -0.05) is 65.5 Å². The van der Waals surface area contributed by atoms with Crippen molar-refractivity contribution in [2.24, 2.45) is 46.3 Å². The number of fused-ring (bicyclic) bond motifs is 5. The van der Waals surface area contributed by atoms with Crippen molar-refractivity contribution in [3.63, 3.8) is 0 Å². The van der Waals surface area contributed by atoms with Crippen LogP contribution in [0.4, 0.5) is 0 Å². The number of hydrogen-bond acceptors (Lipinski definition) is 2.